The highest BCUT2D eigenvalue weighted by Crippen LogP contribution is 2.20. The molecule has 134 valence electrons. The minimum atomic E-state index is -0.238. The molecule has 0 saturated carbocycles. The van der Waals surface area contributed by atoms with Crippen molar-refractivity contribution >= 4 is 6.03 Å². The van der Waals surface area contributed by atoms with Gasteiger partial charge < -0.3 is 10.2 Å². The van der Waals surface area contributed by atoms with Gasteiger partial charge in [-0.3, -0.25) is 4.68 Å². The van der Waals surface area contributed by atoms with Crippen molar-refractivity contribution in [3.8, 4) is 0 Å². The number of carbonyl (C=O) groups excluding carboxylic acids is 1. The summed E-state index contributed by atoms with van der Waals surface area (Å²) in [5.41, 5.74) is 1.39. The number of piperidine rings is 1. The molecule has 0 spiro atoms. The van der Waals surface area contributed by atoms with Crippen LogP contribution in [0.3, 0.4) is 0 Å². The lowest BCUT2D eigenvalue weighted by Gasteiger charge is -2.33. The van der Waals surface area contributed by atoms with Crippen molar-refractivity contribution in [1.82, 2.24) is 20.0 Å². The summed E-state index contributed by atoms with van der Waals surface area (Å²) < 4.78 is 15.7. The van der Waals surface area contributed by atoms with E-state index < -0.39 is 0 Å². The summed E-state index contributed by atoms with van der Waals surface area (Å²) in [6.07, 6.45) is 5.71. The van der Waals surface area contributed by atoms with Gasteiger partial charge in [0.25, 0.3) is 0 Å². The fraction of sp³-hybridized carbons (Fsp3) is 0.474. The van der Waals surface area contributed by atoms with Crippen molar-refractivity contribution in [2.24, 2.45) is 5.92 Å². The molecule has 3 rings (SSSR count). The Kier molecular flexibility index (Phi) is 5.36. The van der Waals surface area contributed by atoms with Crippen LogP contribution in [0, 0.1) is 18.7 Å². The lowest BCUT2D eigenvalue weighted by Crippen LogP contribution is -2.45. The van der Waals surface area contributed by atoms with Gasteiger partial charge in [0, 0.05) is 32.0 Å². The maximum absolute atomic E-state index is 13.7. The Morgan fingerprint density at radius 1 is 1.40 bits per heavy atom. The number of urea groups is 1. The summed E-state index contributed by atoms with van der Waals surface area (Å²) in [6.45, 7) is 6.00. The van der Waals surface area contributed by atoms with E-state index in [4.69, 9.17) is 0 Å². The maximum atomic E-state index is 13.7. The van der Waals surface area contributed by atoms with E-state index in [-0.39, 0.29) is 17.9 Å². The second kappa shape index (κ2) is 7.68. The first-order valence-corrected chi connectivity index (χ1v) is 8.82. The zero-order valence-electron chi connectivity index (χ0n) is 14.8. The van der Waals surface area contributed by atoms with Crippen LogP contribution < -0.4 is 5.32 Å². The third kappa shape index (κ3) is 4.38. The number of hydrogen-bond donors (Lipinski definition) is 1. The Bertz CT molecular complexity index is 708. The van der Waals surface area contributed by atoms with E-state index in [0.717, 1.165) is 38.0 Å². The van der Waals surface area contributed by atoms with Gasteiger partial charge in [-0.25, -0.2) is 9.18 Å². The van der Waals surface area contributed by atoms with E-state index in [0.29, 0.717) is 11.5 Å². The molecule has 6 heteroatoms. The van der Waals surface area contributed by atoms with E-state index in [1.807, 2.05) is 34.8 Å². The van der Waals surface area contributed by atoms with E-state index in [1.54, 1.807) is 19.2 Å². The Morgan fingerprint density at radius 3 is 2.80 bits per heavy atom. The van der Waals surface area contributed by atoms with Crippen LogP contribution in [-0.4, -0.2) is 33.8 Å². The number of benzene rings is 1. The van der Waals surface area contributed by atoms with Gasteiger partial charge in [-0.2, -0.15) is 5.10 Å². The minimum Gasteiger partial charge on any atom is -0.331 e. The molecule has 1 saturated heterocycles. The normalized spacial score (nSPS) is 16.7. The summed E-state index contributed by atoms with van der Waals surface area (Å²) in [4.78, 5) is 14.3. The molecule has 2 heterocycles. The number of carbonyl (C=O) groups is 1. The van der Waals surface area contributed by atoms with Gasteiger partial charge in [-0.05, 0) is 55.9 Å². The third-order valence-electron chi connectivity index (χ3n) is 4.94. The number of amides is 2. The van der Waals surface area contributed by atoms with Crippen LogP contribution in [0.5, 0.6) is 0 Å². The monoisotopic (exact) mass is 344 g/mol. The molecular formula is C19H25FN4O. The molecule has 25 heavy (non-hydrogen) atoms. The molecule has 1 N–H and O–H groups in total. The van der Waals surface area contributed by atoms with Gasteiger partial charge in [0.2, 0.25) is 0 Å². The van der Waals surface area contributed by atoms with Crippen LogP contribution in [-0.2, 0) is 6.54 Å². The van der Waals surface area contributed by atoms with Crippen LogP contribution in [0.4, 0.5) is 9.18 Å². The molecule has 0 radical (unpaired) electrons. The Hall–Kier alpha value is -2.37. The number of aromatic nitrogens is 2. The molecule has 1 aliphatic rings. The molecule has 1 aromatic carbocycles. The van der Waals surface area contributed by atoms with Gasteiger partial charge in [0.05, 0.1) is 6.04 Å². The van der Waals surface area contributed by atoms with Gasteiger partial charge in [-0.1, -0.05) is 12.1 Å². The van der Waals surface area contributed by atoms with Crippen molar-refractivity contribution < 1.29 is 9.18 Å². The molecule has 1 fully saturated rings. The van der Waals surface area contributed by atoms with Gasteiger partial charge >= 0.3 is 6.03 Å². The fourth-order valence-electron chi connectivity index (χ4n) is 3.23. The molecule has 1 unspecified atom stereocenters. The van der Waals surface area contributed by atoms with Crippen molar-refractivity contribution in [3.05, 3.63) is 53.6 Å². The number of aryl methyl sites for hydroxylation is 1. The average molecular weight is 344 g/mol. The van der Waals surface area contributed by atoms with Crippen LogP contribution in [0.15, 0.2) is 36.7 Å². The van der Waals surface area contributed by atoms with Gasteiger partial charge in [0.15, 0.2) is 0 Å². The summed E-state index contributed by atoms with van der Waals surface area (Å²) in [5, 5.41) is 7.22. The predicted octanol–water partition coefficient (Wildman–Crippen LogP) is 3.51. The lowest BCUT2D eigenvalue weighted by molar-refractivity contribution is 0.161. The van der Waals surface area contributed by atoms with E-state index in [1.165, 1.54) is 6.07 Å². The topological polar surface area (TPSA) is 50.2 Å². The SMILES string of the molecule is Cc1ccc(C(C)NC(=O)N2CCC(Cn3cccn3)CC2)cc1F. The Labute approximate surface area is 147 Å². The molecule has 2 amide bonds. The zero-order chi connectivity index (χ0) is 17.8. The highest BCUT2D eigenvalue weighted by atomic mass is 19.1. The van der Waals surface area contributed by atoms with Crippen LogP contribution in [0.1, 0.15) is 36.9 Å². The lowest BCUT2D eigenvalue weighted by atomic mass is 9.97. The van der Waals surface area contributed by atoms with Crippen LogP contribution in [0.25, 0.3) is 0 Å². The van der Waals surface area contributed by atoms with Crippen molar-refractivity contribution in [2.75, 3.05) is 13.1 Å². The van der Waals surface area contributed by atoms with Crippen molar-refractivity contribution in [1.29, 1.82) is 0 Å². The molecule has 1 aliphatic heterocycles. The molecular weight excluding hydrogens is 319 g/mol. The fourth-order valence-corrected chi connectivity index (χ4v) is 3.23. The first-order valence-electron chi connectivity index (χ1n) is 8.82. The zero-order valence-corrected chi connectivity index (χ0v) is 14.8. The quantitative estimate of drug-likeness (QED) is 0.923. The smallest absolute Gasteiger partial charge is 0.317 e. The van der Waals surface area contributed by atoms with Crippen molar-refractivity contribution in [3.63, 3.8) is 0 Å². The minimum absolute atomic E-state index is 0.0778. The molecule has 1 aromatic heterocycles. The summed E-state index contributed by atoms with van der Waals surface area (Å²) in [6, 6.07) is 6.73. The number of halogens is 1. The standard InChI is InChI=1S/C19H25FN4O/c1-14-4-5-17(12-18(14)20)15(2)22-19(25)23-10-6-16(7-11-23)13-24-9-3-8-21-24/h3-5,8-9,12,15-16H,6-7,10-11,13H2,1-2H3,(H,22,25). The molecule has 5 nitrogen and oxygen atoms in total. The summed E-state index contributed by atoms with van der Waals surface area (Å²) in [5.74, 6) is 0.311. The highest BCUT2D eigenvalue weighted by Gasteiger charge is 2.24. The van der Waals surface area contributed by atoms with E-state index >= 15 is 0 Å². The number of hydrogen-bond acceptors (Lipinski definition) is 2. The molecule has 0 aliphatic carbocycles. The Morgan fingerprint density at radius 2 is 2.16 bits per heavy atom. The maximum Gasteiger partial charge on any atom is 0.317 e. The molecule has 1 atom stereocenters. The number of rotatable bonds is 4. The summed E-state index contributed by atoms with van der Waals surface area (Å²) >= 11 is 0. The largest absolute Gasteiger partial charge is 0.331 e. The average Bonchev–Trinajstić information content (AvgIpc) is 3.11. The third-order valence-corrected chi connectivity index (χ3v) is 4.94. The number of nitrogens with zero attached hydrogens (tertiary/aromatic N) is 3. The Balaban J connectivity index is 1.49. The number of likely N-dealkylation sites (tertiary alicyclic amines) is 1. The van der Waals surface area contributed by atoms with Gasteiger partial charge in [-0.15, -0.1) is 0 Å². The second-order valence-corrected chi connectivity index (χ2v) is 6.84. The van der Waals surface area contributed by atoms with Gasteiger partial charge in [0.1, 0.15) is 5.82 Å². The van der Waals surface area contributed by atoms with Crippen molar-refractivity contribution in [2.45, 2.75) is 39.3 Å². The highest BCUT2D eigenvalue weighted by molar-refractivity contribution is 5.74. The number of nitrogens with one attached hydrogen (secondary N) is 1. The second-order valence-electron chi connectivity index (χ2n) is 6.84. The van der Waals surface area contributed by atoms with Crippen LogP contribution >= 0.6 is 0 Å². The first-order chi connectivity index (χ1) is 12.0. The predicted molar refractivity (Wildman–Crippen MR) is 94.6 cm³/mol. The first kappa shape index (κ1) is 17.5. The summed E-state index contributed by atoms with van der Waals surface area (Å²) in [7, 11) is 0. The van der Waals surface area contributed by atoms with E-state index in [9.17, 15) is 9.18 Å². The molecule has 2 aromatic rings. The van der Waals surface area contributed by atoms with E-state index in [2.05, 4.69) is 10.4 Å². The molecule has 0 bridgehead atoms. The van der Waals surface area contributed by atoms with Crippen LogP contribution in [0.2, 0.25) is 0 Å².